The third kappa shape index (κ3) is 2.88. The van der Waals surface area contributed by atoms with Crippen LogP contribution < -0.4 is 5.32 Å². The smallest absolute Gasteiger partial charge is 0.147 e. The van der Waals surface area contributed by atoms with E-state index in [1.807, 2.05) is 19.2 Å². The van der Waals surface area contributed by atoms with Crippen LogP contribution in [0.5, 0.6) is 0 Å². The topological polar surface area (TPSA) is 27.8 Å². The summed E-state index contributed by atoms with van der Waals surface area (Å²) in [5.41, 5.74) is 2.42. The number of H-pyrrole nitrogens is 1. The molecule has 0 aliphatic carbocycles. The second-order valence-electron chi connectivity index (χ2n) is 5.44. The van der Waals surface area contributed by atoms with Crippen molar-refractivity contribution in [3.05, 3.63) is 71.4 Å². The van der Waals surface area contributed by atoms with Gasteiger partial charge in [-0.05, 0) is 61.5 Å². The summed E-state index contributed by atoms with van der Waals surface area (Å²) >= 11 is 0. The number of aromatic nitrogens is 1. The number of aromatic amines is 1. The molecule has 0 amide bonds. The lowest BCUT2D eigenvalue weighted by Crippen LogP contribution is -2.13. The molecule has 1 atom stereocenters. The van der Waals surface area contributed by atoms with E-state index in [1.165, 1.54) is 12.1 Å². The standard InChI is InChI=1S/C18H18F2N2/c1-21-8-7-16(12-2-4-15(19)5-3-12)14-10-13-6-9-22-18(13)17(20)11-14/h2-6,9-11,16,21-22H,7-8H2,1H3. The average molecular weight is 300 g/mol. The fourth-order valence-electron chi connectivity index (χ4n) is 2.86. The van der Waals surface area contributed by atoms with Crippen LogP contribution in [0, 0.1) is 11.6 Å². The maximum Gasteiger partial charge on any atom is 0.147 e. The quantitative estimate of drug-likeness (QED) is 0.726. The number of hydrogen-bond donors (Lipinski definition) is 2. The molecule has 3 aromatic rings. The first-order valence-electron chi connectivity index (χ1n) is 7.35. The van der Waals surface area contributed by atoms with Crippen molar-refractivity contribution in [3.63, 3.8) is 0 Å². The Kier molecular flexibility index (Phi) is 4.20. The van der Waals surface area contributed by atoms with Gasteiger partial charge in [-0.25, -0.2) is 8.78 Å². The molecule has 114 valence electrons. The normalized spacial score (nSPS) is 12.7. The van der Waals surface area contributed by atoms with Crippen molar-refractivity contribution in [2.45, 2.75) is 12.3 Å². The van der Waals surface area contributed by atoms with Crippen LogP contribution in [0.15, 0.2) is 48.7 Å². The van der Waals surface area contributed by atoms with Crippen molar-refractivity contribution in [2.24, 2.45) is 0 Å². The zero-order chi connectivity index (χ0) is 15.5. The van der Waals surface area contributed by atoms with Gasteiger partial charge in [-0.1, -0.05) is 12.1 Å². The van der Waals surface area contributed by atoms with Crippen LogP contribution in [0.4, 0.5) is 8.78 Å². The second kappa shape index (κ2) is 6.28. The van der Waals surface area contributed by atoms with E-state index >= 15 is 0 Å². The molecule has 2 N–H and O–H groups in total. The Balaban J connectivity index is 2.04. The van der Waals surface area contributed by atoms with Gasteiger partial charge >= 0.3 is 0 Å². The molecule has 0 spiro atoms. The SMILES string of the molecule is CNCCC(c1ccc(F)cc1)c1cc(F)c2[nH]ccc2c1. The van der Waals surface area contributed by atoms with Crippen LogP contribution in [0.3, 0.4) is 0 Å². The van der Waals surface area contributed by atoms with Crippen molar-refractivity contribution in [2.75, 3.05) is 13.6 Å². The van der Waals surface area contributed by atoms with Gasteiger partial charge in [-0.15, -0.1) is 0 Å². The molecule has 1 unspecified atom stereocenters. The molecule has 0 saturated heterocycles. The fourth-order valence-corrected chi connectivity index (χ4v) is 2.86. The Hall–Kier alpha value is -2.20. The van der Waals surface area contributed by atoms with E-state index in [0.717, 1.165) is 29.5 Å². The maximum atomic E-state index is 14.2. The first kappa shape index (κ1) is 14.7. The van der Waals surface area contributed by atoms with E-state index in [0.29, 0.717) is 5.52 Å². The lowest BCUT2D eigenvalue weighted by atomic mass is 9.88. The Bertz CT molecular complexity index is 762. The molecule has 1 heterocycles. The van der Waals surface area contributed by atoms with E-state index in [1.54, 1.807) is 24.4 Å². The Morgan fingerprint density at radius 1 is 1.05 bits per heavy atom. The number of fused-ring (bicyclic) bond motifs is 1. The first-order valence-corrected chi connectivity index (χ1v) is 7.35. The highest BCUT2D eigenvalue weighted by Crippen LogP contribution is 2.31. The highest BCUT2D eigenvalue weighted by molar-refractivity contribution is 5.81. The van der Waals surface area contributed by atoms with E-state index in [4.69, 9.17) is 0 Å². The summed E-state index contributed by atoms with van der Waals surface area (Å²) in [7, 11) is 1.89. The lowest BCUT2D eigenvalue weighted by molar-refractivity contribution is 0.617. The van der Waals surface area contributed by atoms with Crippen LogP contribution in [0.25, 0.3) is 10.9 Å². The zero-order valence-corrected chi connectivity index (χ0v) is 12.4. The molecule has 2 aromatic carbocycles. The van der Waals surface area contributed by atoms with Crippen molar-refractivity contribution in [1.29, 1.82) is 0 Å². The van der Waals surface area contributed by atoms with Gasteiger partial charge in [0.05, 0.1) is 5.52 Å². The Morgan fingerprint density at radius 3 is 2.55 bits per heavy atom. The van der Waals surface area contributed by atoms with Crippen LogP contribution in [0.1, 0.15) is 23.5 Å². The molecule has 0 aliphatic rings. The summed E-state index contributed by atoms with van der Waals surface area (Å²) in [5.74, 6) is -0.487. The third-order valence-corrected chi connectivity index (χ3v) is 3.99. The summed E-state index contributed by atoms with van der Waals surface area (Å²) in [6.07, 6.45) is 2.55. The second-order valence-corrected chi connectivity index (χ2v) is 5.44. The molecule has 4 heteroatoms. The van der Waals surface area contributed by atoms with Gasteiger partial charge in [0.25, 0.3) is 0 Å². The minimum absolute atomic E-state index is 0.0295. The highest BCUT2D eigenvalue weighted by atomic mass is 19.1. The van der Waals surface area contributed by atoms with Crippen LogP contribution in [-0.2, 0) is 0 Å². The van der Waals surface area contributed by atoms with Crippen molar-refractivity contribution in [1.82, 2.24) is 10.3 Å². The predicted octanol–water partition coefficient (Wildman–Crippen LogP) is 4.19. The molecule has 0 aliphatic heterocycles. The summed E-state index contributed by atoms with van der Waals surface area (Å²) in [5, 5.41) is 3.98. The molecule has 22 heavy (non-hydrogen) atoms. The first-order chi connectivity index (χ1) is 10.7. The molecular weight excluding hydrogens is 282 g/mol. The predicted molar refractivity (Wildman–Crippen MR) is 85.0 cm³/mol. The summed E-state index contributed by atoms with van der Waals surface area (Å²) in [6.45, 7) is 0.800. The Labute approximate surface area is 128 Å². The molecule has 0 radical (unpaired) electrons. The van der Waals surface area contributed by atoms with Crippen LogP contribution >= 0.6 is 0 Å². The van der Waals surface area contributed by atoms with E-state index in [-0.39, 0.29) is 17.6 Å². The van der Waals surface area contributed by atoms with E-state index in [2.05, 4.69) is 10.3 Å². The molecule has 3 rings (SSSR count). The van der Waals surface area contributed by atoms with Gasteiger partial charge in [-0.3, -0.25) is 0 Å². The number of nitrogens with one attached hydrogen (secondary N) is 2. The van der Waals surface area contributed by atoms with Crippen LogP contribution in [-0.4, -0.2) is 18.6 Å². The average Bonchev–Trinajstić information content (AvgIpc) is 2.98. The third-order valence-electron chi connectivity index (χ3n) is 3.99. The minimum atomic E-state index is -0.261. The molecule has 0 fully saturated rings. The summed E-state index contributed by atoms with van der Waals surface area (Å²) < 4.78 is 27.4. The largest absolute Gasteiger partial charge is 0.359 e. The van der Waals surface area contributed by atoms with Gasteiger partial charge in [0, 0.05) is 17.5 Å². The van der Waals surface area contributed by atoms with E-state index < -0.39 is 0 Å². The summed E-state index contributed by atoms with van der Waals surface area (Å²) in [4.78, 5) is 2.91. The van der Waals surface area contributed by atoms with Gasteiger partial charge in [0.1, 0.15) is 11.6 Å². The lowest BCUT2D eigenvalue weighted by Gasteiger charge is -2.18. The van der Waals surface area contributed by atoms with Gasteiger partial charge < -0.3 is 10.3 Å². The number of halogens is 2. The monoisotopic (exact) mass is 300 g/mol. The number of rotatable bonds is 5. The number of hydrogen-bond acceptors (Lipinski definition) is 1. The summed E-state index contributed by atoms with van der Waals surface area (Å²) in [6, 6.07) is 11.9. The fraction of sp³-hybridized carbons (Fsp3) is 0.222. The molecule has 0 bridgehead atoms. The van der Waals surface area contributed by atoms with Crippen molar-refractivity contribution < 1.29 is 8.78 Å². The Morgan fingerprint density at radius 2 is 1.82 bits per heavy atom. The zero-order valence-electron chi connectivity index (χ0n) is 12.4. The van der Waals surface area contributed by atoms with Gasteiger partial charge in [-0.2, -0.15) is 0 Å². The maximum absolute atomic E-state index is 14.2. The minimum Gasteiger partial charge on any atom is -0.359 e. The van der Waals surface area contributed by atoms with Crippen molar-refractivity contribution in [3.8, 4) is 0 Å². The highest BCUT2D eigenvalue weighted by Gasteiger charge is 2.16. The molecule has 1 aromatic heterocycles. The molecule has 2 nitrogen and oxygen atoms in total. The van der Waals surface area contributed by atoms with Crippen molar-refractivity contribution >= 4 is 10.9 Å². The molecule has 0 saturated carbocycles. The van der Waals surface area contributed by atoms with Crippen LogP contribution in [0.2, 0.25) is 0 Å². The van der Waals surface area contributed by atoms with E-state index in [9.17, 15) is 8.78 Å². The number of benzene rings is 2. The molecular formula is C18H18F2N2. The van der Waals surface area contributed by atoms with Gasteiger partial charge in [0.15, 0.2) is 0 Å². The van der Waals surface area contributed by atoms with Gasteiger partial charge in [0.2, 0.25) is 0 Å².